The molecular formula is C13H12F4N2S. The van der Waals surface area contributed by atoms with Crippen molar-refractivity contribution in [3.63, 3.8) is 0 Å². The molecule has 0 aliphatic carbocycles. The largest absolute Gasteiger partial charge is 0.301 e. The number of halogens is 4. The van der Waals surface area contributed by atoms with Gasteiger partial charge in [0.15, 0.2) is 12.0 Å². The molecule has 0 bridgehead atoms. The minimum Gasteiger partial charge on any atom is -0.258 e. The summed E-state index contributed by atoms with van der Waals surface area (Å²) in [6.07, 6.45) is -2.38. The SMILES string of the molecule is FC(F)=C(F)CCS1=NC(Cc2ccc(F)cc2)N=C1. The van der Waals surface area contributed by atoms with E-state index >= 15 is 0 Å². The fourth-order valence-corrected chi connectivity index (χ4v) is 3.04. The summed E-state index contributed by atoms with van der Waals surface area (Å²) in [7, 11) is -0.621. The first-order chi connectivity index (χ1) is 9.54. The average Bonchev–Trinajstić information content (AvgIpc) is 2.86. The van der Waals surface area contributed by atoms with Crippen molar-refractivity contribution in [2.75, 3.05) is 5.75 Å². The van der Waals surface area contributed by atoms with Gasteiger partial charge in [-0.3, -0.25) is 4.99 Å². The fourth-order valence-electron chi connectivity index (χ4n) is 1.67. The van der Waals surface area contributed by atoms with Crippen molar-refractivity contribution in [3.8, 4) is 0 Å². The maximum atomic E-state index is 12.8. The van der Waals surface area contributed by atoms with E-state index in [0.29, 0.717) is 6.42 Å². The van der Waals surface area contributed by atoms with Crippen LogP contribution in [0.3, 0.4) is 0 Å². The molecule has 108 valence electrons. The molecule has 0 spiro atoms. The van der Waals surface area contributed by atoms with E-state index in [4.69, 9.17) is 0 Å². The minimum absolute atomic E-state index is 0.201. The summed E-state index contributed by atoms with van der Waals surface area (Å²) in [5, 5.41) is 0. The molecule has 2 nitrogen and oxygen atoms in total. The maximum Gasteiger partial charge on any atom is 0.301 e. The molecule has 1 aliphatic rings. The van der Waals surface area contributed by atoms with Crippen LogP contribution in [0.25, 0.3) is 0 Å². The molecule has 1 aromatic carbocycles. The van der Waals surface area contributed by atoms with Gasteiger partial charge in [0.05, 0.1) is 5.55 Å². The summed E-state index contributed by atoms with van der Waals surface area (Å²) in [5.74, 6) is -1.49. The van der Waals surface area contributed by atoms with Gasteiger partial charge in [-0.2, -0.15) is 8.78 Å². The molecule has 0 amide bonds. The summed E-state index contributed by atoms with van der Waals surface area (Å²) >= 11 is 0. The van der Waals surface area contributed by atoms with Crippen LogP contribution < -0.4 is 0 Å². The number of hydrogen-bond acceptors (Lipinski definition) is 2. The Kier molecular flexibility index (Phi) is 5.05. The van der Waals surface area contributed by atoms with Crippen molar-refractivity contribution in [3.05, 3.63) is 47.6 Å². The van der Waals surface area contributed by atoms with E-state index in [1.807, 2.05) is 0 Å². The minimum atomic E-state index is -2.27. The predicted octanol–water partition coefficient (Wildman–Crippen LogP) is 4.01. The molecular weight excluding hydrogens is 292 g/mol. The zero-order chi connectivity index (χ0) is 14.5. The number of rotatable bonds is 5. The highest BCUT2D eigenvalue weighted by Gasteiger charge is 2.14. The highest BCUT2D eigenvalue weighted by molar-refractivity contribution is 8.00. The molecule has 7 heteroatoms. The maximum absolute atomic E-state index is 12.8. The second kappa shape index (κ2) is 6.78. The van der Waals surface area contributed by atoms with Crippen LogP contribution in [0.5, 0.6) is 0 Å². The molecule has 20 heavy (non-hydrogen) atoms. The lowest BCUT2D eigenvalue weighted by Crippen LogP contribution is -2.02. The lowest BCUT2D eigenvalue weighted by atomic mass is 10.1. The quantitative estimate of drug-likeness (QED) is 0.734. The first kappa shape index (κ1) is 14.9. The van der Waals surface area contributed by atoms with Gasteiger partial charge in [-0.1, -0.05) is 22.8 Å². The Morgan fingerprint density at radius 2 is 1.85 bits per heavy atom. The van der Waals surface area contributed by atoms with Gasteiger partial charge in [-0.05, 0) is 17.7 Å². The van der Waals surface area contributed by atoms with E-state index in [-0.39, 0.29) is 24.2 Å². The summed E-state index contributed by atoms with van der Waals surface area (Å²) in [6, 6.07) is 6.02. The average molecular weight is 304 g/mol. The van der Waals surface area contributed by atoms with E-state index in [0.717, 1.165) is 5.56 Å². The van der Waals surface area contributed by atoms with Crippen LogP contribution in [0, 0.1) is 5.82 Å². The summed E-state index contributed by atoms with van der Waals surface area (Å²) in [4.78, 5) is 4.16. The fraction of sp³-hybridized carbons (Fsp3) is 0.308. The van der Waals surface area contributed by atoms with Crippen molar-refractivity contribution < 1.29 is 17.6 Å². The number of hydrogen-bond donors (Lipinski definition) is 0. The molecule has 2 atom stereocenters. The van der Waals surface area contributed by atoms with Crippen molar-refractivity contribution >= 4 is 16.2 Å². The van der Waals surface area contributed by atoms with Crippen LogP contribution in [0.15, 0.2) is 45.5 Å². The Morgan fingerprint density at radius 3 is 2.50 bits per heavy atom. The van der Waals surface area contributed by atoms with E-state index in [9.17, 15) is 17.6 Å². The number of benzene rings is 1. The van der Waals surface area contributed by atoms with E-state index in [1.165, 1.54) is 12.1 Å². The highest BCUT2D eigenvalue weighted by Crippen LogP contribution is 2.17. The van der Waals surface area contributed by atoms with Crippen LogP contribution >= 0.6 is 0 Å². The van der Waals surface area contributed by atoms with Crippen molar-refractivity contribution in [2.24, 2.45) is 9.36 Å². The van der Waals surface area contributed by atoms with E-state index in [1.54, 1.807) is 17.7 Å². The van der Waals surface area contributed by atoms with E-state index in [2.05, 4.69) is 9.36 Å². The van der Waals surface area contributed by atoms with Gasteiger partial charge in [-0.15, -0.1) is 0 Å². The summed E-state index contributed by atoms with van der Waals surface area (Å²) < 4.78 is 53.6. The molecule has 0 saturated carbocycles. The first-order valence-electron chi connectivity index (χ1n) is 5.92. The van der Waals surface area contributed by atoms with Crippen LogP contribution in [-0.2, 0) is 17.1 Å². The van der Waals surface area contributed by atoms with E-state index < -0.39 is 22.6 Å². The molecule has 0 N–H and O–H groups in total. The molecule has 1 aromatic rings. The van der Waals surface area contributed by atoms with Gasteiger partial charge in [0.2, 0.25) is 0 Å². The lowest BCUT2D eigenvalue weighted by Gasteiger charge is -2.04. The van der Waals surface area contributed by atoms with Crippen molar-refractivity contribution in [1.82, 2.24) is 0 Å². The Bertz CT molecular complexity index is 562. The van der Waals surface area contributed by atoms with Gasteiger partial charge in [-0.25, -0.2) is 13.1 Å². The monoisotopic (exact) mass is 304 g/mol. The molecule has 1 heterocycles. The predicted molar refractivity (Wildman–Crippen MR) is 72.0 cm³/mol. The Hall–Kier alpha value is -1.50. The zero-order valence-corrected chi connectivity index (χ0v) is 11.2. The van der Waals surface area contributed by atoms with Gasteiger partial charge in [0.25, 0.3) is 0 Å². The van der Waals surface area contributed by atoms with Gasteiger partial charge < -0.3 is 0 Å². The van der Waals surface area contributed by atoms with Gasteiger partial charge in [0.1, 0.15) is 5.82 Å². The third kappa shape index (κ3) is 4.26. The number of nitrogens with zero attached hydrogens (tertiary/aromatic N) is 2. The van der Waals surface area contributed by atoms with Gasteiger partial charge in [0, 0.05) is 18.6 Å². The standard InChI is InChI=1S/C13H12F4N2S/c14-10-3-1-9(2-4-10)7-12-18-8-20(19-12)6-5-11(15)13(16)17/h1-4,8,12H,5-7H2. The summed E-state index contributed by atoms with van der Waals surface area (Å²) in [5.41, 5.74) is 2.47. The van der Waals surface area contributed by atoms with Crippen molar-refractivity contribution in [2.45, 2.75) is 19.0 Å². The molecule has 1 aliphatic heterocycles. The topological polar surface area (TPSA) is 24.7 Å². The molecule has 2 unspecified atom stereocenters. The third-order valence-corrected chi connectivity index (χ3v) is 4.18. The van der Waals surface area contributed by atoms with Crippen LogP contribution in [0.4, 0.5) is 17.6 Å². The molecule has 0 saturated heterocycles. The second-order valence-electron chi connectivity index (χ2n) is 4.19. The van der Waals surface area contributed by atoms with Crippen LogP contribution in [0.2, 0.25) is 0 Å². The molecule has 0 radical (unpaired) electrons. The molecule has 2 rings (SSSR count). The normalized spacial score (nSPS) is 20.8. The third-order valence-electron chi connectivity index (χ3n) is 2.68. The van der Waals surface area contributed by atoms with Crippen LogP contribution in [0.1, 0.15) is 12.0 Å². The number of allylic oxidation sites excluding steroid dienone is 1. The molecule has 0 fully saturated rings. The zero-order valence-electron chi connectivity index (χ0n) is 10.4. The Morgan fingerprint density at radius 1 is 1.15 bits per heavy atom. The second-order valence-corrected chi connectivity index (χ2v) is 5.82. The lowest BCUT2D eigenvalue weighted by molar-refractivity contribution is 0.373. The molecule has 0 aromatic heterocycles. The smallest absolute Gasteiger partial charge is 0.258 e. The summed E-state index contributed by atoms with van der Waals surface area (Å²) in [6.45, 7) is 0. The Balaban J connectivity index is 1.89. The first-order valence-corrected chi connectivity index (χ1v) is 7.34. The van der Waals surface area contributed by atoms with Gasteiger partial charge >= 0.3 is 6.08 Å². The highest BCUT2D eigenvalue weighted by atomic mass is 32.2. The number of aliphatic imine (C=N–C) groups is 1. The van der Waals surface area contributed by atoms with Crippen LogP contribution in [-0.4, -0.2) is 17.5 Å². The Labute approximate surface area is 116 Å². The van der Waals surface area contributed by atoms with Crippen molar-refractivity contribution in [1.29, 1.82) is 0 Å².